The quantitative estimate of drug-likeness (QED) is 0.698. The zero-order valence-corrected chi connectivity index (χ0v) is 16.0. The Hall–Kier alpha value is -2.83. The molecule has 0 aliphatic heterocycles. The van der Waals surface area contributed by atoms with Crippen LogP contribution in [0.2, 0.25) is 0 Å². The average Bonchev–Trinajstić information content (AvgIpc) is 2.59. The van der Waals surface area contributed by atoms with E-state index in [1.807, 2.05) is 6.92 Å². The fourth-order valence-electron chi connectivity index (χ4n) is 2.90. The van der Waals surface area contributed by atoms with E-state index < -0.39 is 23.5 Å². The summed E-state index contributed by atoms with van der Waals surface area (Å²) in [5.74, 6) is -1.83. The number of amides is 1. The number of fused-ring (bicyclic) bond motifs is 1. The van der Waals surface area contributed by atoms with Crippen LogP contribution in [0.4, 0.5) is 0 Å². The predicted octanol–water partition coefficient (Wildman–Crippen LogP) is 1.32. The Morgan fingerprint density at radius 1 is 1.30 bits per heavy atom. The number of ether oxygens (including phenoxy) is 1. The Bertz CT molecular complexity index is 899. The molecule has 2 aromatic rings. The molecule has 1 aromatic carbocycles. The van der Waals surface area contributed by atoms with Crippen molar-refractivity contribution in [3.8, 4) is 5.75 Å². The van der Waals surface area contributed by atoms with E-state index in [1.54, 1.807) is 32.9 Å². The minimum atomic E-state index is -1.34. The molecule has 1 N–H and O–H groups in total. The van der Waals surface area contributed by atoms with Gasteiger partial charge in [0.25, 0.3) is 5.91 Å². The largest absolute Gasteiger partial charge is 0.548 e. The third-order valence-corrected chi connectivity index (χ3v) is 4.31. The normalized spacial score (nSPS) is 12.2. The van der Waals surface area contributed by atoms with Crippen molar-refractivity contribution in [3.63, 3.8) is 0 Å². The molecule has 1 amide bonds. The van der Waals surface area contributed by atoms with E-state index in [9.17, 15) is 19.5 Å². The van der Waals surface area contributed by atoms with Gasteiger partial charge in [-0.15, -0.1) is 0 Å². The van der Waals surface area contributed by atoms with Gasteiger partial charge in [-0.2, -0.15) is 0 Å². The molecule has 0 saturated carbocycles. The first-order valence-corrected chi connectivity index (χ1v) is 8.94. The number of benzene rings is 1. The van der Waals surface area contributed by atoms with E-state index in [0.717, 1.165) is 23.8 Å². The number of carboxylic acids is 1. The first-order valence-electron chi connectivity index (χ1n) is 8.94. The van der Waals surface area contributed by atoms with Crippen molar-refractivity contribution in [3.05, 3.63) is 39.7 Å². The van der Waals surface area contributed by atoms with E-state index in [-0.39, 0.29) is 12.5 Å². The summed E-state index contributed by atoms with van der Waals surface area (Å²) < 4.78 is 10.9. The number of carboxylic acid groups (broad SMARTS) is 1. The summed E-state index contributed by atoms with van der Waals surface area (Å²) in [6.07, 6.45) is 1.65. The molecular formula is C20H24NO6-. The molecule has 2 rings (SSSR count). The van der Waals surface area contributed by atoms with Crippen LogP contribution >= 0.6 is 0 Å². The van der Waals surface area contributed by atoms with Gasteiger partial charge in [-0.1, -0.05) is 27.2 Å². The molecule has 0 saturated heterocycles. The molecular weight excluding hydrogens is 350 g/mol. The number of nitrogens with one attached hydrogen (secondary N) is 1. The Labute approximate surface area is 157 Å². The summed E-state index contributed by atoms with van der Waals surface area (Å²) in [7, 11) is 0. The van der Waals surface area contributed by atoms with Gasteiger partial charge >= 0.3 is 5.63 Å². The molecule has 7 heteroatoms. The molecule has 7 nitrogen and oxygen atoms in total. The summed E-state index contributed by atoms with van der Waals surface area (Å²) in [4.78, 5) is 34.9. The van der Waals surface area contributed by atoms with Crippen LogP contribution in [0.3, 0.4) is 0 Å². The van der Waals surface area contributed by atoms with Crippen molar-refractivity contribution in [1.82, 2.24) is 5.32 Å². The van der Waals surface area contributed by atoms with E-state index in [4.69, 9.17) is 9.15 Å². The molecule has 1 aromatic heterocycles. The highest BCUT2D eigenvalue weighted by Crippen LogP contribution is 2.28. The molecule has 146 valence electrons. The Morgan fingerprint density at radius 3 is 2.59 bits per heavy atom. The van der Waals surface area contributed by atoms with Crippen molar-refractivity contribution in [2.45, 2.75) is 46.6 Å². The lowest BCUT2D eigenvalue weighted by Gasteiger charge is -2.23. The topological polar surface area (TPSA) is 109 Å². The number of carbonyl (C=O) groups excluding carboxylic acids is 2. The number of aliphatic carboxylic acids is 1. The van der Waals surface area contributed by atoms with Gasteiger partial charge in [-0.25, -0.2) is 4.79 Å². The lowest BCUT2D eigenvalue weighted by molar-refractivity contribution is -0.309. The highest BCUT2D eigenvalue weighted by molar-refractivity contribution is 5.86. The fraction of sp³-hybridized carbons (Fsp3) is 0.450. The highest BCUT2D eigenvalue weighted by atomic mass is 16.5. The number of carbonyl (C=O) groups is 2. The molecule has 0 unspecified atom stereocenters. The monoisotopic (exact) mass is 374 g/mol. The van der Waals surface area contributed by atoms with Crippen molar-refractivity contribution < 1.29 is 23.8 Å². The first-order chi connectivity index (χ1) is 12.7. The second-order valence-electron chi connectivity index (χ2n) is 6.80. The van der Waals surface area contributed by atoms with Crippen LogP contribution in [0.1, 0.15) is 38.3 Å². The van der Waals surface area contributed by atoms with Gasteiger partial charge in [0.1, 0.15) is 11.3 Å². The third-order valence-electron chi connectivity index (χ3n) is 4.31. The zero-order valence-electron chi connectivity index (χ0n) is 16.0. The fourth-order valence-corrected chi connectivity index (χ4v) is 2.90. The maximum absolute atomic E-state index is 12.0. The van der Waals surface area contributed by atoms with Gasteiger partial charge in [0, 0.05) is 17.0 Å². The molecule has 27 heavy (non-hydrogen) atoms. The van der Waals surface area contributed by atoms with Crippen molar-refractivity contribution in [1.29, 1.82) is 0 Å². The molecule has 0 fully saturated rings. The molecule has 0 spiro atoms. The second kappa shape index (κ2) is 8.70. The standard InChI is InChI=1S/C20H25NO6/c1-5-6-13-9-17(23)27-19-12(4)15(8-7-14(13)19)26-10-16(22)21-18(11(2)3)20(24)25/h7-9,11,18H,5-6,10H2,1-4H3,(H,21,22)(H,24,25)/p-1/t18-/m0/s1. The number of aryl methyl sites for hydroxylation is 2. The van der Waals surface area contributed by atoms with E-state index >= 15 is 0 Å². The average molecular weight is 374 g/mol. The van der Waals surface area contributed by atoms with Crippen LogP contribution < -0.4 is 20.8 Å². The van der Waals surface area contributed by atoms with Crippen LogP contribution in [0.15, 0.2) is 27.4 Å². The Kier molecular flexibility index (Phi) is 6.60. The van der Waals surface area contributed by atoms with Crippen LogP contribution in [0, 0.1) is 12.8 Å². The Balaban J connectivity index is 2.20. The summed E-state index contributed by atoms with van der Waals surface area (Å²) in [6, 6.07) is 3.91. The van der Waals surface area contributed by atoms with Gasteiger partial charge in [-0.05, 0) is 37.0 Å². The summed E-state index contributed by atoms with van der Waals surface area (Å²) in [6.45, 7) is 6.75. The summed E-state index contributed by atoms with van der Waals surface area (Å²) in [5, 5.41) is 14.3. The van der Waals surface area contributed by atoms with Crippen LogP contribution in [-0.4, -0.2) is 24.5 Å². The van der Waals surface area contributed by atoms with E-state index in [2.05, 4.69) is 5.32 Å². The molecule has 1 atom stereocenters. The zero-order chi connectivity index (χ0) is 20.1. The lowest BCUT2D eigenvalue weighted by atomic mass is 10.0. The molecule has 0 aliphatic carbocycles. The van der Waals surface area contributed by atoms with Gasteiger partial charge < -0.3 is 24.4 Å². The van der Waals surface area contributed by atoms with Crippen molar-refractivity contribution in [2.24, 2.45) is 5.92 Å². The highest BCUT2D eigenvalue weighted by Gasteiger charge is 2.18. The number of rotatable bonds is 8. The van der Waals surface area contributed by atoms with E-state index in [0.29, 0.717) is 16.9 Å². The second-order valence-corrected chi connectivity index (χ2v) is 6.80. The van der Waals surface area contributed by atoms with E-state index in [1.165, 1.54) is 6.07 Å². The van der Waals surface area contributed by atoms with Gasteiger partial charge in [-0.3, -0.25) is 4.79 Å². The molecule has 0 bridgehead atoms. The molecule has 0 radical (unpaired) electrons. The third kappa shape index (κ3) is 4.87. The predicted molar refractivity (Wildman–Crippen MR) is 98.5 cm³/mol. The summed E-state index contributed by atoms with van der Waals surface area (Å²) in [5.41, 5.74) is 1.51. The molecule has 1 heterocycles. The lowest BCUT2D eigenvalue weighted by Crippen LogP contribution is -2.51. The van der Waals surface area contributed by atoms with Gasteiger partial charge in [0.05, 0.1) is 12.0 Å². The first kappa shape index (κ1) is 20.5. The number of hydrogen-bond acceptors (Lipinski definition) is 6. The minimum absolute atomic E-state index is 0.312. The Morgan fingerprint density at radius 2 is 2.00 bits per heavy atom. The maximum atomic E-state index is 12.0. The molecule has 0 aliphatic rings. The van der Waals surface area contributed by atoms with Crippen molar-refractivity contribution in [2.75, 3.05) is 6.61 Å². The van der Waals surface area contributed by atoms with Crippen LogP contribution in [0.5, 0.6) is 5.75 Å². The maximum Gasteiger partial charge on any atom is 0.336 e. The van der Waals surface area contributed by atoms with Crippen LogP contribution in [-0.2, 0) is 16.0 Å². The van der Waals surface area contributed by atoms with Crippen molar-refractivity contribution >= 4 is 22.8 Å². The van der Waals surface area contributed by atoms with Crippen LogP contribution in [0.25, 0.3) is 11.0 Å². The SMILES string of the molecule is CCCc1cc(=O)oc2c(C)c(OCC(=O)N[C@H](C(=O)[O-])C(C)C)ccc12. The number of hydrogen-bond donors (Lipinski definition) is 1. The smallest absolute Gasteiger partial charge is 0.336 e. The summed E-state index contributed by atoms with van der Waals surface area (Å²) >= 11 is 0. The minimum Gasteiger partial charge on any atom is -0.548 e. The van der Waals surface area contributed by atoms with Gasteiger partial charge in [0.15, 0.2) is 6.61 Å². The van der Waals surface area contributed by atoms with Gasteiger partial charge in [0.2, 0.25) is 0 Å².